The van der Waals surface area contributed by atoms with Crippen LogP contribution in [-0.4, -0.2) is 27.8 Å². The molecular formula is C17H21N5O2. The van der Waals surface area contributed by atoms with Crippen molar-refractivity contribution in [1.82, 2.24) is 14.8 Å². The van der Waals surface area contributed by atoms with Crippen LogP contribution in [0.1, 0.15) is 26.8 Å². The van der Waals surface area contributed by atoms with Gasteiger partial charge in [0.15, 0.2) is 0 Å². The Morgan fingerprint density at radius 1 is 1.33 bits per heavy atom. The molecule has 7 nitrogen and oxygen atoms in total. The highest BCUT2D eigenvalue weighted by Crippen LogP contribution is 2.35. The third-order valence-corrected chi connectivity index (χ3v) is 4.06. The molecule has 1 atom stereocenters. The van der Waals surface area contributed by atoms with Crippen LogP contribution in [0.15, 0.2) is 41.9 Å². The summed E-state index contributed by atoms with van der Waals surface area (Å²) < 4.78 is 6.90. The zero-order chi connectivity index (χ0) is 17.3. The Labute approximate surface area is 140 Å². The number of methoxy groups -OCH3 is 1. The Bertz CT molecular complexity index is 777. The number of nitrogens with one attached hydrogen (secondary N) is 2. The van der Waals surface area contributed by atoms with Crippen molar-refractivity contribution in [2.75, 3.05) is 17.7 Å². The molecule has 0 spiro atoms. The normalized spacial score (nSPS) is 16.6. The fourth-order valence-corrected chi connectivity index (χ4v) is 2.92. The van der Waals surface area contributed by atoms with Crippen LogP contribution in [0.5, 0.6) is 5.75 Å². The second kappa shape index (κ2) is 6.35. The first kappa shape index (κ1) is 16.0. The fourth-order valence-electron chi connectivity index (χ4n) is 2.92. The number of rotatable bonds is 4. The molecule has 0 radical (unpaired) electrons. The maximum absolute atomic E-state index is 12.9. The van der Waals surface area contributed by atoms with Crippen molar-refractivity contribution in [2.45, 2.75) is 26.8 Å². The number of amides is 1. The molecular weight excluding hydrogens is 306 g/mol. The summed E-state index contributed by atoms with van der Waals surface area (Å²) in [5.41, 5.74) is 2.17. The Morgan fingerprint density at radius 3 is 2.67 bits per heavy atom. The molecule has 0 unspecified atom stereocenters. The van der Waals surface area contributed by atoms with Crippen LogP contribution >= 0.6 is 0 Å². The Balaban J connectivity index is 1.89. The fraction of sp³-hybridized carbons (Fsp3) is 0.353. The number of carbonyl (C=O) groups is 1. The van der Waals surface area contributed by atoms with Crippen molar-refractivity contribution in [2.24, 2.45) is 5.92 Å². The van der Waals surface area contributed by atoms with Gasteiger partial charge in [-0.1, -0.05) is 13.8 Å². The van der Waals surface area contributed by atoms with E-state index < -0.39 is 0 Å². The van der Waals surface area contributed by atoms with E-state index in [2.05, 4.69) is 34.6 Å². The second-order valence-electron chi connectivity index (χ2n) is 6.06. The molecule has 7 heteroatoms. The molecule has 3 rings (SSSR count). The van der Waals surface area contributed by atoms with Gasteiger partial charge in [-0.25, -0.2) is 4.68 Å². The third kappa shape index (κ3) is 2.84. The smallest absolute Gasteiger partial charge is 0.255 e. The van der Waals surface area contributed by atoms with Crippen molar-refractivity contribution in [3.05, 3.63) is 41.9 Å². The number of nitrogens with zero attached hydrogens (tertiary/aromatic N) is 3. The summed E-state index contributed by atoms with van der Waals surface area (Å²) >= 11 is 0. The minimum Gasteiger partial charge on any atom is -0.497 e. The lowest BCUT2D eigenvalue weighted by atomic mass is 9.92. The van der Waals surface area contributed by atoms with Crippen LogP contribution < -0.4 is 15.4 Å². The monoisotopic (exact) mass is 327 g/mol. The number of anilines is 2. The van der Waals surface area contributed by atoms with E-state index in [9.17, 15) is 4.79 Å². The molecule has 2 heterocycles. The molecule has 1 aliphatic heterocycles. The largest absolute Gasteiger partial charge is 0.497 e. The number of hydrogen-bond donors (Lipinski definition) is 2. The summed E-state index contributed by atoms with van der Waals surface area (Å²) in [6, 6.07) is 7.08. The average molecular weight is 327 g/mol. The zero-order valence-corrected chi connectivity index (χ0v) is 14.2. The summed E-state index contributed by atoms with van der Waals surface area (Å²) in [5, 5.41) is 10.4. The van der Waals surface area contributed by atoms with Gasteiger partial charge in [-0.2, -0.15) is 10.1 Å². The van der Waals surface area contributed by atoms with E-state index in [0.717, 1.165) is 11.4 Å². The molecule has 0 bridgehead atoms. The van der Waals surface area contributed by atoms with E-state index >= 15 is 0 Å². The highest BCUT2D eigenvalue weighted by atomic mass is 16.5. The standard InChI is InChI=1S/C17H21N5O2/c1-10(2)15-14(11(3)20-17-18-9-19-22(15)17)16(23)21-12-5-7-13(24-4)8-6-12/h5-10,15H,1-4H3,(H,21,23)(H,18,19,20)/t15-/m0/s1. The van der Waals surface area contributed by atoms with E-state index in [-0.39, 0.29) is 17.9 Å². The van der Waals surface area contributed by atoms with E-state index in [0.29, 0.717) is 17.2 Å². The van der Waals surface area contributed by atoms with Crippen molar-refractivity contribution >= 4 is 17.5 Å². The third-order valence-electron chi connectivity index (χ3n) is 4.06. The van der Waals surface area contributed by atoms with Gasteiger partial charge in [-0.05, 0) is 37.1 Å². The molecule has 0 aliphatic carbocycles. The van der Waals surface area contributed by atoms with Crippen LogP contribution in [0, 0.1) is 5.92 Å². The van der Waals surface area contributed by atoms with Gasteiger partial charge < -0.3 is 15.4 Å². The van der Waals surface area contributed by atoms with Gasteiger partial charge in [-0.15, -0.1) is 0 Å². The summed E-state index contributed by atoms with van der Waals surface area (Å²) in [6.07, 6.45) is 1.50. The summed E-state index contributed by atoms with van der Waals surface area (Å²) in [5.74, 6) is 1.45. The number of fused-ring (bicyclic) bond motifs is 1. The number of carbonyl (C=O) groups excluding carboxylic acids is 1. The number of aromatic nitrogens is 3. The van der Waals surface area contributed by atoms with Crippen LogP contribution in [0.3, 0.4) is 0 Å². The highest BCUT2D eigenvalue weighted by molar-refractivity contribution is 6.05. The summed E-state index contributed by atoms with van der Waals surface area (Å²) in [6.45, 7) is 6.02. The van der Waals surface area contributed by atoms with Gasteiger partial charge in [0.2, 0.25) is 5.95 Å². The zero-order valence-electron chi connectivity index (χ0n) is 14.2. The van der Waals surface area contributed by atoms with Crippen molar-refractivity contribution in [1.29, 1.82) is 0 Å². The highest BCUT2D eigenvalue weighted by Gasteiger charge is 2.34. The van der Waals surface area contributed by atoms with E-state index in [1.807, 2.05) is 31.2 Å². The average Bonchev–Trinajstić information content (AvgIpc) is 3.01. The minimum atomic E-state index is -0.165. The number of hydrogen-bond acceptors (Lipinski definition) is 5. The molecule has 1 aromatic heterocycles. The minimum absolute atomic E-state index is 0.148. The molecule has 2 N–H and O–H groups in total. The van der Waals surface area contributed by atoms with Crippen LogP contribution in [0.2, 0.25) is 0 Å². The van der Waals surface area contributed by atoms with E-state index in [1.165, 1.54) is 6.33 Å². The number of benzene rings is 1. The SMILES string of the molecule is COc1ccc(NC(=O)C2=C(C)Nc3ncnn3[C@H]2C(C)C)cc1. The second-order valence-corrected chi connectivity index (χ2v) is 6.06. The molecule has 0 fully saturated rings. The molecule has 1 aromatic carbocycles. The van der Waals surface area contributed by atoms with Crippen molar-refractivity contribution < 1.29 is 9.53 Å². The first-order chi connectivity index (χ1) is 11.5. The van der Waals surface area contributed by atoms with Gasteiger partial charge in [0.1, 0.15) is 12.1 Å². The van der Waals surface area contributed by atoms with Gasteiger partial charge in [0, 0.05) is 11.4 Å². The predicted octanol–water partition coefficient (Wildman–Crippen LogP) is 2.82. The number of ether oxygens (including phenoxy) is 1. The quantitative estimate of drug-likeness (QED) is 0.902. The topological polar surface area (TPSA) is 81.1 Å². The van der Waals surface area contributed by atoms with Crippen molar-refractivity contribution in [3.8, 4) is 5.75 Å². The van der Waals surface area contributed by atoms with E-state index in [4.69, 9.17) is 4.74 Å². The lowest BCUT2D eigenvalue weighted by molar-refractivity contribution is -0.113. The Morgan fingerprint density at radius 2 is 2.04 bits per heavy atom. The molecule has 1 amide bonds. The number of allylic oxidation sites excluding steroid dienone is 1. The van der Waals surface area contributed by atoms with Crippen LogP contribution in [0.25, 0.3) is 0 Å². The molecule has 2 aromatic rings. The first-order valence-corrected chi connectivity index (χ1v) is 7.84. The molecule has 0 saturated heterocycles. The maximum atomic E-state index is 12.9. The lowest BCUT2D eigenvalue weighted by Crippen LogP contribution is -2.33. The molecule has 24 heavy (non-hydrogen) atoms. The Hall–Kier alpha value is -2.83. The first-order valence-electron chi connectivity index (χ1n) is 7.84. The molecule has 1 aliphatic rings. The molecule has 0 saturated carbocycles. The maximum Gasteiger partial charge on any atom is 0.255 e. The van der Waals surface area contributed by atoms with Gasteiger partial charge >= 0.3 is 0 Å². The Kier molecular flexibility index (Phi) is 4.24. The van der Waals surface area contributed by atoms with Gasteiger partial charge in [0.05, 0.1) is 18.7 Å². The van der Waals surface area contributed by atoms with Gasteiger partial charge in [0.25, 0.3) is 5.91 Å². The summed E-state index contributed by atoms with van der Waals surface area (Å²) in [4.78, 5) is 17.1. The molecule has 126 valence electrons. The van der Waals surface area contributed by atoms with E-state index in [1.54, 1.807) is 11.8 Å². The van der Waals surface area contributed by atoms with Crippen molar-refractivity contribution in [3.63, 3.8) is 0 Å². The van der Waals surface area contributed by atoms with Gasteiger partial charge in [-0.3, -0.25) is 4.79 Å². The van der Waals surface area contributed by atoms with Crippen LogP contribution in [0.4, 0.5) is 11.6 Å². The summed E-state index contributed by atoms with van der Waals surface area (Å²) in [7, 11) is 1.61. The predicted molar refractivity (Wildman–Crippen MR) is 91.8 cm³/mol. The van der Waals surface area contributed by atoms with Crippen LogP contribution in [-0.2, 0) is 4.79 Å². The lowest BCUT2D eigenvalue weighted by Gasteiger charge is -2.30.